The first-order chi connectivity index (χ1) is 22.5. The summed E-state index contributed by atoms with van der Waals surface area (Å²) in [5.74, 6) is 2.72. The second kappa shape index (κ2) is 12.4. The van der Waals surface area contributed by atoms with E-state index in [1.165, 1.54) is 43.2 Å². The molecule has 0 spiro atoms. The predicted molar refractivity (Wildman–Crippen MR) is 183 cm³/mol. The van der Waals surface area contributed by atoms with E-state index in [9.17, 15) is 14.4 Å². The molecular formula is C41H53NO5. The molecule has 4 fully saturated rings. The van der Waals surface area contributed by atoms with Crippen molar-refractivity contribution in [2.45, 2.75) is 110 Å². The van der Waals surface area contributed by atoms with Crippen molar-refractivity contribution in [3.05, 3.63) is 59.7 Å². The molecule has 0 unspecified atom stereocenters. The van der Waals surface area contributed by atoms with Crippen molar-refractivity contribution >= 4 is 17.8 Å². The van der Waals surface area contributed by atoms with Gasteiger partial charge in [-0.1, -0.05) is 76.2 Å². The van der Waals surface area contributed by atoms with Gasteiger partial charge < -0.3 is 14.8 Å². The minimum absolute atomic E-state index is 0.0358. The van der Waals surface area contributed by atoms with Crippen molar-refractivity contribution in [3.63, 3.8) is 0 Å². The zero-order chi connectivity index (χ0) is 33.1. The van der Waals surface area contributed by atoms with Crippen LogP contribution in [0.2, 0.25) is 0 Å². The molecular weight excluding hydrogens is 586 g/mol. The Morgan fingerprint density at radius 2 is 1.47 bits per heavy atom. The first-order valence-corrected chi connectivity index (χ1v) is 18.3. The molecule has 2 aromatic carbocycles. The molecule has 4 saturated carbocycles. The van der Waals surface area contributed by atoms with Crippen LogP contribution in [-0.2, 0) is 19.1 Å². The molecule has 5 aliphatic carbocycles. The van der Waals surface area contributed by atoms with Crippen LogP contribution in [0.5, 0.6) is 0 Å². The maximum absolute atomic E-state index is 13.6. The van der Waals surface area contributed by atoms with E-state index in [4.69, 9.17) is 9.47 Å². The first-order valence-electron chi connectivity index (χ1n) is 18.3. The van der Waals surface area contributed by atoms with Crippen LogP contribution in [0, 0.1) is 46.3 Å². The maximum Gasteiger partial charge on any atom is 0.407 e. The van der Waals surface area contributed by atoms with Gasteiger partial charge in [0.15, 0.2) is 0 Å². The van der Waals surface area contributed by atoms with Gasteiger partial charge >= 0.3 is 12.1 Å². The van der Waals surface area contributed by atoms with Crippen LogP contribution in [0.4, 0.5) is 4.79 Å². The number of benzene rings is 2. The number of ketones is 1. The Labute approximate surface area is 280 Å². The highest BCUT2D eigenvalue weighted by Gasteiger charge is 2.61. The van der Waals surface area contributed by atoms with E-state index >= 15 is 0 Å². The molecule has 2 aromatic rings. The Hall–Kier alpha value is -3.15. The summed E-state index contributed by atoms with van der Waals surface area (Å²) in [6.45, 7) is 10.8. The molecule has 0 heterocycles. The third kappa shape index (κ3) is 5.52. The van der Waals surface area contributed by atoms with Gasteiger partial charge in [0.2, 0.25) is 0 Å². The zero-order valence-corrected chi connectivity index (χ0v) is 28.9. The molecule has 7 rings (SSSR count). The fraction of sp³-hybridized carbons (Fsp3) is 0.634. The lowest BCUT2D eigenvalue weighted by Gasteiger charge is -2.61. The van der Waals surface area contributed by atoms with Gasteiger partial charge in [0.05, 0.1) is 0 Å². The minimum atomic E-state index is -0.762. The summed E-state index contributed by atoms with van der Waals surface area (Å²) >= 11 is 0. The van der Waals surface area contributed by atoms with Crippen LogP contribution in [0.25, 0.3) is 11.1 Å². The highest BCUT2D eigenvalue weighted by atomic mass is 16.6. The molecule has 6 nitrogen and oxygen atoms in total. The number of Topliss-reactive ketones (excluding diaryl/α,β-unsaturated/α-hetero) is 1. The zero-order valence-electron chi connectivity index (χ0n) is 28.9. The van der Waals surface area contributed by atoms with Gasteiger partial charge in [0.25, 0.3) is 0 Å². The van der Waals surface area contributed by atoms with Gasteiger partial charge in [0, 0.05) is 11.8 Å². The van der Waals surface area contributed by atoms with Gasteiger partial charge in [-0.2, -0.15) is 0 Å². The summed E-state index contributed by atoms with van der Waals surface area (Å²) in [7, 11) is 0. The van der Waals surface area contributed by atoms with E-state index in [1.807, 2.05) is 45.0 Å². The van der Waals surface area contributed by atoms with Crippen LogP contribution in [0.3, 0.4) is 0 Å². The second-order valence-corrected chi connectivity index (χ2v) is 16.5. The van der Waals surface area contributed by atoms with Crippen molar-refractivity contribution < 1.29 is 23.9 Å². The highest BCUT2D eigenvalue weighted by Crippen LogP contribution is 2.67. The summed E-state index contributed by atoms with van der Waals surface area (Å²) in [5, 5.41) is 2.86. The lowest BCUT2D eigenvalue weighted by molar-refractivity contribution is -0.166. The van der Waals surface area contributed by atoms with Crippen LogP contribution < -0.4 is 5.32 Å². The van der Waals surface area contributed by atoms with Gasteiger partial charge in [-0.15, -0.1) is 0 Å². The van der Waals surface area contributed by atoms with Crippen LogP contribution in [0.1, 0.15) is 109 Å². The Morgan fingerprint density at radius 3 is 2.13 bits per heavy atom. The van der Waals surface area contributed by atoms with Crippen LogP contribution in [-0.4, -0.2) is 36.6 Å². The van der Waals surface area contributed by atoms with Crippen molar-refractivity contribution in [2.24, 2.45) is 46.3 Å². The number of esters is 1. The second-order valence-electron chi connectivity index (χ2n) is 16.5. The number of hydrogen-bond acceptors (Lipinski definition) is 5. The average molecular weight is 640 g/mol. The Morgan fingerprint density at radius 1 is 0.830 bits per heavy atom. The quantitative estimate of drug-likeness (QED) is 0.307. The number of ether oxygens (including phenoxy) is 2. The minimum Gasteiger partial charge on any atom is -0.461 e. The monoisotopic (exact) mass is 639 g/mol. The van der Waals surface area contributed by atoms with E-state index in [0.717, 1.165) is 36.8 Å². The molecule has 0 bridgehead atoms. The SMILES string of the molecule is CC(=O)[C@H]1CC[C@H]2[C@@H]3CC[C@@H]4C[C@@H](OC(=O)[C@@H](NC(=O)OCC5c6ccccc6-c6ccccc65)C(C)C)CC[C@]4(C)[C@H]3CC[C@]12C. The summed E-state index contributed by atoms with van der Waals surface area (Å²) in [6, 6.07) is 15.8. The third-order valence-electron chi connectivity index (χ3n) is 13.9. The predicted octanol–water partition coefficient (Wildman–Crippen LogP) is 8.71. The number of hydrogen-bond donors (Lipinski definition) is 1. The average Bonchev–Trinajstić information content (AvgIpc) is 3.57. The van der Waals surface area contributed by atoms with Gasteiger partial charge in [0.1, 0.15) is 24.5 Å². The molecule has 0 aliphatic heterocycles. The number of fused-ring (bicyclic) bond motifs is 8. The molecule has 47 heavy (non-hydrogen) atoms. The number of nitrogens with one attached hydrogen (secondary N) is 1. The highest BCUT2D eigenvalue weighted by molar-refractivity contribution is 5.82. The summed E-state index contributed by atoms with van der Waals surface area (Å²) in [5.41, 5.74) is 5.11. The fourth-order valence-corrected chi connectivity index (χ4v) is 11.5. The summed E-state index contributed by atoms with van der Waals surface area (Å²) in [4.78, 5) is 39.2. The largest absolute Gasteiger partial charge is 0.461 e. The Bertz CT molecular complexity index is 1490. The Balaban J connectivity index is 0.953. The number of carbonyl (C=O) groups excluding carboxylic acids is 3. The topological polar surface area (TPSA) is 81.7 Å². The molecule has 6 heteroatoms. The van der Waals surface area contributed by atoms with E-state index < -0.39 is 12.1 Å². The van der Waals surface area contributed by atoms with Crippen molar-refractivity contribution in [3.8, 4) is 11.1 Å². The van der Waals surface area contributed by atoms with Crippen LogP contribution in [0.15, 0.2) is 48.5 Å². The number of rotatable bonds is 7. The molecule has 0 aromatic heterocycles. The summed E-state index contributed by atoms with van der Waals surface area (Å²) in [6.07, 6.45) is 9.21. The molecule has 9 atom stereocenters. The number of amides is 1. The van der Waals surface area contributed by atoms with Gasteiger partial charge in [-0.25, -0.2) is 9.59 Å². The van der Waals surface area contributed by atoms with E-state index in [-0.39, 0.29) is 47.3 Å². The lowest BCUT2D eigenvalue weighted by atomic mass is 9.44. The van der Waals surface area contributed by atoms with E-state index in [1.54, 1.807) is 0 Å². The molecule has 1 amide bonds. The van der Waals surface area contributed by atoms with Crippen LogP contribution >= 0.6 is 0 Å². The van der Waals surface area contributed by atoms with Gasteiger partial charge in [-0.05, 0) is 127 Å². The fourth-order valence-electron chi connectivity index (χ4n) is 11.5. The Kier molecular flexibility index (Phi) is 8.54. The smallest absolute Gasteiger partial charge is 0.407 e. The number of carbonyl (C=O) groups is 3. The lowest BCUT2D eigenvalue weighted by Crippen LogP contribution is -2.55. The van der Waals surface area contributed by atoms with Crippen molar-refractivity contribution in [1.82, 2.24) is 5.32 Å². The molecule has 5 aliphatic rings. The standard InChI is InChI=1S/C41H53NO5/c1-24(2)37(42-39(45)46-23-33-30-12-8-6-10-28(30)29-11-7-9-13-31(29)33)38(44)47-27-18-20-40(4)26(22-27)14-15-32-35-17-16-34(25(3)43)41(35,5)21-19-36(32)40/h6-13,24,26-27,32-37H,14-23H2,1-5H3,(H,42,45)/t26-,27+,32+,34-,35+,36+,37+,40+,41-/m1/s1. The third-order valence-corrected chi connectivity index (χ3v) is 13.9. The van der Waals surface area contributed by atoms with Crippen molar-refractivity contribution in [2.75, 3.05) is 6.61 Å². The molecule has 252 valence electrons. The summed E-state index contributed by atoms with van der Waals surface area (Å²) < 4.78 is 12.0. The van der Waals surface area contributed by atoms with E-state index in [2.05, 4.69) is 43.4 Å². The maximum atomic E-state index is 13.6. The van der Waals surface area contributed by atoms with Crippen molar-refractivity contribution in [1.29, 1.82) is 0 Å². The first kappa shape index (κ1) is 32.4. The number of alkyl carbamates (subject to hydrolysis) is 1. The van der Waals surface area contributed by atoms with E-state index in [0.29, 0.717) is 29.5 Å². The molecule has 1 N–H and O–H groups in total. The molecule has 0 radical (unpaired) electrons. The normalized spacial score (nSPS) is 34.7. The molecule has 0 saturated heterocycles. The van der Waals surface area contributed by atoms with Gasteiger partial charge in [-0.3, -0.25) is 4.79 Å².